The highest BCUT2D eigenvalue weighted by atomic mass is 32.2. The van der Waals surface area contributed by atoms with Gasteiger partial charge in [0.1, 0.15) is 6.04 Å². The van der Waals surface area contributed by atoms with Gasteiger partial charge in [-0.3, -0.25) is 9.59 Å². The maximum atomic E-state index is 13.0. The lowest BCUT2D eigenvalue weighted by Crippen LogP contribution is -2.51. The summed E-state index contributed by atoms with van der Waals surface area (Å²) in [6.07, 6.45) is 3.28. The number of rotatable bonds is 9. The summed E-state index contributed by atoms with van der Waals surface area (Å²) in [6, 6.07) is 18.3. The van der Waals surface area contributed by atoms with Gasteiger partial charge in [-0.05, 0) is 36.8 Å². The molecule has 1 aliphatic heterocycles. The van der Waals surface area contributed by atoms with Crippen molar-refractivity contribution in [3.63, 3.8) is 0 Å². The highest BCUT2D eigenvalue weighted by Crippen LogP contribution is 2.23. The van der Waals surface area contributed by atoms with Gasteiger partial charge in [-0.25, -0.2) is 12.7 Å². The second-order valence-electron chi connectivity index (χ2n) is 8.95. The van der Waals surface area contributed by atoms with Crippen molar-refractivity contribution < 1.29 is 18.0 Å². The van der Waals surface area contributed by atoms with Crippen LogP contribution in [0, 0.1) is 5.92 Å². The first-order chi connectivity index (χ1) is 15.9. The van der Waals surface area contributed by atoms with Crippen LogP contribution >= 0.6 is 0 Å². The highest BCUT2D eigenvalue weighted by Gasteiger charge is 2.34. The number of hydrogen-bond donors (Lipinski definition) is 2. The Morgan fingerprint density at radius 2 is 1.45 bits per heavy atom. The van der Waals surface area contributed by atoms with Crippen LogP contribution in [0.25, 0.3) is 0 Å². The molecule has 2 aromatic carbocycles. The van der Waals surface area contributed by atoms with Crippen molar-refractivity contribution in [1.29, 1.82) is 0 Å². The first-order valence-corrected chi connectivity index (χ1v) is 13.2. The Morgan fingerprint density at radius 1 is 0.879 bits per heavy atom. The van der Waals surface area contributed by atoms with Crippen molar-refractivity contribution in [2.45, 2.75) is 49.9 Å². The lowest BCUT2D eigenvalue weighted by Gasteiger charge is -2.31. The molecule has 1 aliphatic carbocycles. The molecule has 7 nitrogen and oxygen atoms in total. The van der Waals surface area contributed by atoms with Crippen LogP contribution in [0.4, 0.5) is 0 Å². The number of sulfonamides is 1. The van der Waals surface area contributed by atoms with Crippen LogP contribution in [-0.2, 0) is 31.8 Å². The Hall–Kier alpha value is -2.71. The molecule has 4 rings (SSSR count). The van der Waals surface area contributed by atoms with E-state index in [0.29, 0.717) is 32.4 Å². The third-order valence-electron chi connectivity index (χ3n) is 6.25. The van der Waals surface area contributed by atoms with E-state index in [1.54, 1.807) is 12.1 Å². The van der Waals surface area contributed by atoms with Crippen molar-refractivity contribution in [1.82, 2.24) is 14.9 Å². The molecular weight excluding hydrogens is 438 g/mol. The summed E-state index contributed by atoms with van der Waals surface area (Å²) in [6.45, 7) is 0.621. The van der Waals surface area contributed by atoms with Crippen molar-refractivity contribution >= 4 is 21.8 Å². The fraction of sp³-hybridized carbons (Fsp3) is 0.440. The van der Waals surface area contributed by atoms with Crippen molar-refractivity contribution in [2.75, 3.05) is 13.1 Å². The number of carbonyl (C=O) groups excluding carboxylic acids is 2. The quantitative estimate of drug-likeness (QED) is 0.589. The van der Waals surface area contributed by atoms with Crippen molar-refractivity contribution in [3.8, 4) is 0 Å². The highest BCUT2D eigenvalue weighted by molar-refractivity contribution is 7.88. The predicted molar refractivity (Wildman–Crippen MR) is 127 cm³/mol. The Balaban J connectivity index is 1.33. The van der Waals surface area contributed by atoms with Gasteiger partial charge in [0.25, 0.3) is 0 Å². The van der Waals surface area contributed by atoms with E-state index >= 15 is 0 Å². The molecule has 2 aliphatic rings. The SMILES string of the molecule is O=C(NC(Cc1ccccc1)C(=O)NC1CC1)C1CCN(S(=O)(=O)Cc2ccccc2)CC1. The molecule has 2 amide bonds. The van der Waals surface area contributed by atoms with Gasteiger partial charge in [-0.15, -0.1) is 0 Å². The fourth-order valence-electron chi connectivity index (χ4n) is 4.15. The predicted octanol–water partition coefficient (Wildman–Crippen LogP) is 2.23. The third-order valence-corrected chi connectivity index (χ3v) is 8.10. The topological polar surface area (TPSA) is 95.6 Å². The Morgan fingerprint density at radius 3 is 2.03 bits per heavy atom. The largest absolute Gasteiger partial charge is 0.352 e. The Bertz CT molecular complexity index is 1050. The molecule has 0 bridgehead atoms. The summed E-state index contributed by atoms with van der Waals surface area (Å²) in [4.78, 5) is 25.8. The smallest absolute Gasteiger partial charge is 0.243 e. The zero-order chi connectivity index (χ0) is 23.3. The number of amides is 2. The van der Waals surface area contributed by atoms with Gasteiger partial charge in [-0.2, -0.15) is 0 Å². The molecule has 0 radical (unpaired) electrons. The van der Waals surface area contributed by atoms with E-state index in [9.17, 15) is 18.0 Å². The summed E-state index contributed by atoms with van der Waals surface area (Å²) in [5.41, 5.74) is 1.73. The van der Waals surface area contributed by atoms with E-state index in [1.165, 1.54) is 4.31 Å². The minimum atomic E-state index is -3.43. The zero-order valence-electron chi connectivity index (χ0n) is 18.7. The van der Waals surface area contributed by atoms with Crippen LogP contribution in [-0.4, -0.2) is 49.7 Å². The molecule has 8 heteroatoms. The molecule has 0 aromatic heterocycles. The second-order valence-corrected chi connectivity index (χ2v) is 10.9. The lowest BCUT2D eigenvalue weighted by atomic mass is 9.96. The summed E-state index contributed by atoms with van der Waals surface area (Å²) in [7, 11) is -3.43. The van der Waals surface area contributed by atoms with E-state index in [-0.39, 0.29) is 29.5 Å². The molecule has 2 fully saturated rings. The van der Waals surface area contributed by atoms with Crippen LogP contribution in [0.5, 0.6) is 0 Å². The van der Waals surface area contributed by atoms with E-state index in [0.717, 1.165) is 24.0 Å². The fourth-order valence-corrected chi connectivity index (χ4v) is 5.71. The molecule has 0 spiro atoms. The van der Waals surface area contributed by atoms with Crippen LogP contribution in [0.15, 0.2) is 60.7 Å². The minimum absolute atomic E-state index is 0.0365. The minimum Gasteiger partial charge on any atom is -0.352 e. The molecule has 1 saturated carbocycles. The zero-order valence-corrected chi connectivity index (χ0v) is 19.5. The van der Waals surface area contributed by atoms with E-state index in [4.69, 9.17) is 0 Å². The molecule has 1 unspecified atom stereocenters. The number of hydrogen-bond acceptors (Lipinski definition) is 4. The normalized spacial score (nSPS) is 18.4. The van der Waals surface area contributed by atoms with Gasteiger partial charge >= 0.3 is 0 Å². The Kier molecular flexibility index (Phi) is 7.45. The molecule has 33 heavy (non-hydrogen) atoms. The van der Waals surface area contributed by atoms with Gasteiger partial charge in [0, 0.05) is 31.5 Å². The van der Waals surface area contributed by atoms with Crippen molar-refractivity contribution in [3.05, 3.63) is 71.8 Å². The van der Waals surface area contributed by atoms with Gasteiger partial charge in [0.05, 0.1) is 5.75 Å². The number of benzene rings is 2. The number of nitrogens with zero attached hydrogens (tertiary/aromatic N) is 1. The van der Waals surface area contributed by atoms with Crippen LogP contribution in [0.2, 0.25) is 0 Å². The van der Waals surface area contributed by atoms with E-state index < -0.39 is 16.1 Å². The van der Waals surface area contributed by atoms with E-state index in [1.807, 2.05) is 48.5 Å². The number of carbonyl (C=O) groups is 2. The van der Waals surface area contributed by atoms with Gasteiger partial charge in [0.2, 0.25) is 21.8 Å². The molecule has 2 aromatic rings. The molecule has 176 valence electrons. The van der Waals surface area contributed by atoms with Gasteiger partial charge < -0.3 is 10.6 Å². The average molecular weight is 470 g/mol. The average Bonchev–Trinajstić information content (AvgIpc) is 3.64. The van der Waals surface area contributed by atoms with Crippen LogP contribution < -0.4 is 10.6 Å². The molecule has 1 atom stereocenters. The first kappa shape index (κ1) is 23.4. The lowest BCUT2D eigenvalue weighted by molar-refractivity contribution is -0.131. The molecule has 2 N–H and O–H groups in total. The maximum Gasteiger partial charge on any atom is 0.243 e. The van der Waals surface area contributed by atoms with Gasteiger partial charge in [-0.1, -0.05) is 60.7 Å². The summed E-state index contributed by atoms with van der Waals surface area (Å²) in [5.74, 6) is -0.676. The standard InChI is InChI=1S/C25H31N3O4S/c29-24(27-23(25(30)26-22-11-12-22)17-19-7-3-1-4-8-19)21-13-15-28(16-14-21)33(31,32)18-20-9-5-2-6-10-20/h1-10,21-23H,11-18H2,(H,26,30)(H,27,29). The summed E-state index contributed by atoms with van der Waals surface area (Å²) >= 11 is 0. The van der Waals surface area contributed by atoms with Crippen molar-refractivity contribution in [2.24, 2.45) is 5.92 Å². The number of nitrogens with one attached hydrogen (secondary N) is 2. The molecule has 1 saturated heterocycles. The Labute approximate surface area is 195 Å². The maximum absolute atomic E-state index is 13.0. The van der Waals surface area contributed by atoms with Crippen LogP contribution in [0.1, 0.15) is 36.8 Å². The summed E-state index contributed by atoms with van der Waals surface area (Å²) < 4.78 is 27.0. The molecular formula is C25H31N3O4S. The monoisotopic (exact) mass is 469 g/mol. The second kappa shape index (κ2) is 10.5. The van der Waals surface area contributed by atoms with Gasteiger partial charge in [0.15, 0.2) is 0 Å². The van der Waals surface area contributed by atoms with E-state index in [2.05, 4.69) is 10.6 Å². The number of piperidine rings is 1. The first-order valence-electron chi connectivity index (χ1n) is 11.6. The van der Waals surface area contributed by atoms with Crippen LogP contribution in [0.3, 0.4) is 0 Å². The molecule has 1 heterocycles. The third kappa shape index (κ3) is 6.65. The summed E-state index contributed by atoms with van der Waals surface area (Å²) in [5, 5.41) is 5.93.